The number of ether oxygens (including phenoxy) is 1. The maximum absolute atomic E-state index is 12.6. The van der Waals surface area contributed by atoms with Crippen LogP contribution in [0.15, 0.2) is 12.1 Å². The van der Waals surface area contributed by atoms with E-state index in [0.29, 0.717) is 19.8 Å². The van der Waals surface area contributed by atoms with Crippen LogP contribution in [0.2, 0.25) is 0 Å². The molecule has 0 aliphatic rings. The number of hydrogen-bond donors (Lipinski definition) is 1. The van der Waals surface area contributed by atoms with Gasteiger partial charge in [-0.05, 0) is 19.1 Å². The van der Waals surface area contributed by atoms with Crippen LogP contribution < -0.4 is 10.6 Å². The number of pyridine rings is 1. The fraction of sp³-hybridized carbons (Fsp3) is 0.500. The van der Waals surface area contributed by atoms with Crippen LogP contribution in [0, 0.1) is 0 Å². The maximum atomic E-state index is 12.6. The minimum atomic E-state index is -4.58. The molecule has 1 heterocycles. The van der Waals surface area contributed by atoms with Gasteiger partial charge >= 0.3 is 6.18 Å². The Labute approximate surface area is 114 Å². The largest absolute Gasteiger partial charge is 0.433 e. The second kappa shape index (κ2) is 6.56. The number of likely N-dealkylation sites (N-methyl/N-ethyl adjacent to an activating group) is 1. The van der Waals surface area contributed by atoms with Crippen molar-refractivity contribution in [1.82, 2.24) is 4.98 Å². The molecule has 0 saturated heterocycles. The Morgan fingerprint density at radius 1 is 1.45 bits per heavy atom. The molecule has 0 spiro atoms. The number of nitrogens with two attached hydrogens (primary N) is 1. The first-order valence-corrected chi connectivity index (χ1v) is 5.94. The second-order valence-electron chi connectivity index (χ2n) is 4.05. The predicted molar refractivity (Wildman–Crippen MR) is 67.5 cm³/mol. The highest BCUT2D eigenvalue weighted by Crippen LogP contribution is 2.30. The summed E-state index contributed by atoms with van der Waals surface area (Å²) in [7, 11) is 1.52. The van der Waals surface area contributed by atoms with Gasteiger partial charge in [-0.15, -0.1) is 0 Å². The average Bonchev–Trinajstić information content (AvgIpc) is 2.37. The zero-order valence-corrected chi connectivity index (χ0v) is 11.2. The quantitative estimate of drug-likeness (QED) is 0.810. The van der Waals surface area contributed by atoms with E-state index in [1.165, 1.54) is 11.9 Å². The van der Waals surface area contributed by atoms with Gasteiger partial charge in [0.2, 0.25) is 0 Å². The number of halogens is 3. The molecular formula is C12H16F3N3O2. The predicted octanol–water partition coefficient (Wildman–Crippen LogP) is 1.67. The molecule has 0 unspecified atom stereocenters. The second-order valence-corrected chi connectivity index (χ2v) is 4.05. The highest BCUT2D eigenvalue weighted by Gasteiger charge is 2.33. The summed E-state index contributed by atoms with van der Waals surface area (Å²) in [6.07, 6.45) is -4.58. The van der Waals surface area contributed by atoms with Crippen molar-refractivity contribution in [1.29, 1.82) is 0 Å². The molecule has 8 heteroatoms. The normalized spacial score (nSPS) is 11.4. The summed E-state index contributed by atoms with van der Waals surface area (Å²) in [6, 6.07) is 1.77. The smallest absolute Gasteiger partial charge is 0.380 e. The topological polar surface area (TPSA) is 68.4 Å². The number of carbonyl (C=O) groups is 1. The SMILES string of the molecule is CCOCCN(C)c1nc(C(F)(F)F)ccc1C(N)=O. The zero-order valence-electron chi connectivity index (χ0n) is 11.2. The van der Waals surface area contributed by atoms with Crippen molar-refractivity contribution in [3.05, 3.63) is 23.4 Å². The van der Waals surface area contributed by atoms with Crippen molar-refractivity contribution in [2.45, 2.75) is 13.1 Å². The number of anilines is 1. The van der Waals surface area contributed by atoms with Gasteiger partial charge in [0.05, 0.1) is 12.2 Å². The monoisotopic (exact) mass is 291 g/mol. The third-order valence-corrected chi connectivity index (χ3v) is 2.57. The van der Waals surface area contributed by atoms with E-state index in [9.17, 15) is 18.0 Å². The lowest BCUT2D eigenvalue weighted by atomic mass is 10.2. The van der Waals surface area contributed by atoms with E-state index in [0.717, 1.165) is 12.1 Å². The first-order valence-electron chi connectivity index (χ1n) is 5.94. The Kier molecular flexibility index (Phi) is 5.32. The minimum absolute atomic E-state index is 0.0583. The van der Waals surface area contributed by atoms with Crippen molar-refractivity contribution in [3.8, 4) is 0 Å². The number of primary amides is 1. The lowest BCUT2D eigenvalue weighted by Crippen LogP contribution is -2.28. The average molecular weight is 291 g/mol. The van der Waals surface area contributed by atoms with Gasteiger partial charge < -0.3 is 15.4 Å². The first kappa shape index (κ1) is 16.2. The van der Waals surface area contributed by atoms with Gasteiger partial charge in [-0.3, -0.25) is 4.79 Å². The summed E-state index contributed by atoms with van der Waals surface area (Å²) in [5, 5.41) is 0. The molecule has 112 valence electrons. The molecule has 0 atom stereocenters. The Morgan fingerprint density at radius 3 is 2.60 bits per heavy atom. The number of amides is 1. The Morgan fingerprint density at radius 2 is 2.10 bits per heavy atom. The van der Waals surface area contributed by atoms with E-state index in [-0.39, 0.29) is 11.4 Å². The van der Waals surface area contributed by atoms with Gasteiger partial charge in [-0.1, -0.05) is 0 Å². The lowest BCUT2D eigenvalue weighted by molar-refractivity contribution is -0.141. The van der Waals surface area contributed by atoms with Crippen LogP contribution in [0.4, 0.5) is 19.0 Å². The molecule has 5 nitrogen and oxygen atoms in total. The third-order valence-electron chi connectivity index (χ3n) is 2.57. The molecule has 0 aliphatic heterocycles. The molecule has 1 rings (SSSR count). The lowest BCUT2D eigenvalue weighted by Gasteiger charge is -2.21. The molecule has 2 N–H and O–H groups in total. The number of aromatic nitrogens is 1. The molecule has 0 fully saturated rings. The van der Waals surface area contributed by atoms with Crippen molar-refractivity contribution >= 4 is 11.7 Å². The molecule has 1 aromatic heterocycles. The van der Waals surface area contributed by atoms with Crippen LogP contribution in [-0.4, -0.2) is 37.7 Å². The summed E-state index contributed by atoms with van der Waals surface area (Å²) >= 11 is 0. The number of alkyl halides is 3. The highest BCUT2D eigenvalue weighted by molar-refractivity contribution is 5.97. The van der Waals surface area contributed by atoms with E-state index < -0.39 is 17.8 Å². The molecule has 0 aromatic carbocycles. The van der Waals surface area contributed by atoms with Crippen LogP contribution in [-0.2, 0) is 10.9 Å². The van der Waals surface area contributed by atoms with Crippen molar-refractivity contribution in [2.24, 2.45) is 5.73 Å². The third kappa shape index (κ3) is 4.09. The van der Waals surface area contributed by atoms with Crippen LogP contribution in [0.1, 0.15) is 23.0 Å². The van der Waals surface area contributed by atoms with E-state index in [1.807, 2.05) is 0 Å². The van der Waals surface area contributed by atoms with E-state index in [4.69, 9.17) is 10.5 Å². The summed E-state index contributed by atoms with van der Waals surface area (Å²) in [5.41, 5.74) is 4.02. The molecule has 1 amide bonds. The molecule has 0 saturated carbocycles. The molecular weight excluding hydrogens is 275 g/mol. The summed E-state index contributed by atoms with van der Waals surface area (Å²) in [6.45, 7) is 2.90. The fourth-order valence-corrected chi connectivity index (χ4v) is 1.54. The van der Waals surface area contributed by atoms with Crippen LogP contribution in [0.3, 0.4) is 0 Å². The molecule has 20 heavy (non-hydrogen) atoms. The van der Waals surface area contributed by atoms with E-state index in [2.05, 4.69) is 4.98 Å². The summed E-state index contributed by atoms with van der Waals surface area (Å²) in [4.78, 5) is 16.2. The standard InChI is InChI=1S/C12H16F3N3O2/c1-3-20-7-6-18(2)11-8(10(16)19)4-5-9(17-11)12(13,14)15/h4-5H,3,6-7H2,1-2H3,(H2,16,19). The van der Waals surface area contributed by atoms with Gasteiger partial charge in [0.1, 0.15) is 11.5 Å². The van der Waals surface area contributed by atoms with E-state index >= 15 is 0 Å². The number of carbonyl (C=O) groups excluding carboxylic acids is 1. The van der Waals surface area contributed by atoms with Gasteiger partial charge in [0.15, 0.2) is 0 Å². The highest BCUT2D eigenvalue weighted by atomic mass is 19.4. The van der Waals surface area contributed by atoms with Crippen LogP contribution >= 0.6 is 0 Å². The minimum Gasteiger partial charge on any atom is -0.380 e. The fourth-order valence-electron chi connectivity index (χ4n) is 1.54. The van der Waals surface area contributed by atoms with Crippen molar-refractivity contribution in [2.75, 3.05) is 31.7 Å². The molecule has 0 radical (unpaired) electrons. The van der Waals surface area contributed by atoms with Crippen molar-refractivity contribution < 1.29 is 22.7 Å². The van der Waals surface area contributed by atoms with Crippen molar-refractivity contribution in [3.63, 3.8) is 0 Å². The number of nitrogens with zero attached hydrogens (tertiary/aromatic N) is 2. The first-order chi connectivity index (χ1) is 9.27. The number of hydrogen-bond acceptors (Lipinski definition) is 4. The Hall–Kier alpha value is -1.83. The molecule has 0 aliphatic carbocycles. The van der Waals surface area contributed by atoms with Gasteiger partial charge in [0, 0.05) is 20.2 Å². The van der Waals surface area contributed by atoms with E-state index in [1.54, 1.807) is 6.92 Å². The maximum Gasteiger partial charge on any atom is 0.433 e. The number of rotatable bonds is 6. The van der Waals surface area contributed by atoms with Gasteiger partial charge in [-0.25, -0.2) is 4.98 Å². The zero-order chi connectivity index (χ0) is 15.3. The summed E-state index contributed by atoms with van der Waals surface area (Å²) < 4.78 is 43.1. The van der Waals surface area contributed by atoms with Crippen LogP contribution in [0.25, 0.3) is 0 Å². The molecule has 1 aromatic rings. The molecule has 0 bridgehead atoms. The van der Waals surface area contributed by atoms with Crippen LogP contribution in [0.5, 0.6) is 0 Å². The van der Waals surface area contributed by atoms with Gasteiger partial charge in [-0.2, -0.15) is 13.2 Å². The Bertz CT molecular complexity index is 478. The van der Waals surface area contributed by atoms with Gasteiger partial charge in [0.25, 0.3) is 5.91 Å². The summed E-state index contributed by atoms with van der Waals surface area (Å²) in [5.74, 6) is -0.934. The Balaban J connectivity index is 3.08.